The molecule has 0 saturated carbocycles. The molecule has 4 heteroatoms. The second kappa shape index (κ2) is 3.48. The Morgan fingerprint density at radius 2 is 2.45 bits per heavy atom. The summed E-state index contributed by atoms with van der Waals surface area (Å²) < 4.78 is 1.89. The van der Waals surface area contributed by atoms with Gasteiger partial charge in [-0.1, -0.05) is 5.21 Å². The lowest BCUT2D eigenvalue weighted by Gasteiger charge is -2.09. The van der Waals surface area contributed by atoms with Crippen LogP contribution in [0.2, 0.25) is 0 Å². The van der Waals surface area contributed by atoms with Crippen LogP contribution in [-0.2, 0) is 6.54 Å². The van der Waals surface area contributed by atoms with Crippen molar-refractivity contribution in [2.75, 3.05) is 7.05 Å². The molecule has 0 amide bonds. The van der Waals surface area contributed by atoms with Crippen molar-refractivity contribution in [3.63, 3.8) is 0 Å². The highest BCUT2D eigenvalue weighted by molar-refractivity contribution is 4.99. The van der Waals surface area contributed by atoms with Gasteiger partial charge in [-0.3, -0.25) is 0 Å². The highest BCUT2D eigenvalue weighted by Gasteiger charge is 2.07. The van der Waals surface area contributed by atoms with Crippen LogP contribution in [0.15, 0.2) is 6.20 Å². The molecule has 1 rings (SSSR count). The first-order valence-electron chi connectivity index (χ1n) is 3.85. The third kappa shape index (κ3) is 1.57. The largest absolute Gasteiger partial charge is 0.312 e. The first-order chi connectivity index (χ1) is 5.29. The van der Waals surface area contributed by atoms with Crippen LogP contribution >= 0.6 is 0 Å². The van der Waals surface area contributed by atoms with E-state index in [1.807, 2.05) is 11.7 Å². The molecule has 0 saturated heterocycles. The van der Waals surface area contributed by atoms with Crippen LogP contribution in [0.5, 0.6) is 0 Å². The van der Waals surface area contributed by atoms with Crippen molar-refractivity contribution >= 4 is 0 Å². The van der Waals surface area contributed by atoms with Crippen molar-refractivity contribution < 1.29 is 0 Å². The minimum Gasteiger partial charge on any atom is -0.312 e. The summed E-state index contributed by atoms with van der Waals surface area (Å²) in [6, 6.07) is 0.324. The van der Waals surface area contributed by atoms with Gasteiger partial charge in [0.25, 0.3) is 0 Å². The van der Waals surface area contributed by atoms with Gasteiger partial charge < -0.3 is 5.32 Å². The van der Waals surface area contributed by atoms with Crippen LogP contribution in [0.1, 0.15) is 25.6 Å². The van der Waals surface area contributed by atoms with E-state index in [4.69, 9.17) is 0 Å². The zero-order valence-electron chi connectivity index (χ0n) is 7.20. The van der Waals surface area contributed by atoms with E-state index in [0.29, 0.717) is 6.04 Å². The monoisotopic (exact) mass is 154 g/mol. The topological polar surface area (TPSA) is 42.7 Å². The van der Waals surface area contributed by atoms with Gasteiger partial charge in [-0.15, -0.1) is 5.10 Å². The summed E-state index contributed by atoms with van der Waals surface area (Å²) in [4.78, 5) is 0. The Bertz CT molecular complexity index is 218. The summed E-state index contributed by atoms with van der Waals surface area (Å²) in [6.07, 6.45) is 1.80. The summed E-state index contributed by atoms with van der Waals surface area (Å²) in [5, 5.41) is 10.9. The summed E-state index contributed by atoms with van der Waals surface area (Å²) in [5.74, 6) is 0. The van der Waals surface area contributed by atoms with Crippen LogP contribution in [-0.4, -0.2) is 22.0 Å². The van der Waals surface area contributed by atoms with Crippen LogP contribution in [0.3, 0.4) is 0 Å². The molecule has 0 aliphatic heterocycles. The molecule has 1 N–H and O–H groups in total. The number of rotatable bonds is 3. The van der Waals surface area contributed by atoms with Crippen molar-refractivity contribution in [2.45, 2.75) is 26.4 Å². The van der Waals surface area contributed by atoms with Crippen LogP contribution in [0.25, 0.3) is 0 Å². The number of nitrogens with zero attached hydrogens (tertiary/aromatic N) is 3. The number of hydrogen-bond donors (Lipinski definition) is 1. The van der Waals surface area contributed by atoms with Crippen molar-refractivity contribution in [3.05, 3.63) is 11.9 Å². The molecule has 0 aliphatic rings. The Hall–Kier alpha value is -0.900. The summed E-state index contributed by atoms with van der Waals surface area (Å²) in [7, 11) is 1.93. The zero-order chi connectivity index (χ0) is 8.27. The molecule has 4 nitrogen and oxygen atoms in total. The van der Waals surface area contributed by atoms with E-state index in [-0.39, 0.29) is 0 Å². The fourth-order valence-electron chi connectivity index (χ4n) is 0.995. The molecule has 1 atom stereocenters. The molecule has 0 bridgehead atoms. The van der Waals surface area contributed by atoms with Crippen LogP contribution in [0, 0.1) is 0 Å². The Kier molecular flexibility index (Phi) is 2.59. The second-order valence-electron chi connectivity index (χ2n) is 2.49. The molecule has 0 aliphatic carbocycles. The van der Waals surface area contributed by atoms with E-state index in [2.05, 4.69) is 29.5 Å². The Balaban J connectivity index is 2.83. The first kappa shape index (κ1) is 8.20. The number of aromatic nitrogens is 3. The van der Waals surface area contributed by atoms with E-state index in [1.54, 1.807) is 6.20 Å². The maximum Gasteiger partial charge on any atom is 0.0753 e. The fraction of sp³-hybridized carbons (Fsp3) is 0.714. The third-order valence-corrected chi connectivity index (χ3v) is 1.82. The van der Waals surface area contributed by atoms with Gasteiger partial charge in [0, 0.05) is 12.6 Å². The normalized spacial score (nSPS) is 13.4. The lowest BCUT2D eigenvalue weighted by Crippen LogP contribution is -2.16. The number of nitrogens with one attached hydrogen (secondary N) is 1. The molecule has 0 fully saturated rings. The molecule has 1 aromatic heterocycles. The van der Waals surface area contributed by atoms with Gasteiger partial charge in [-0.05, 0) is 20.9 Å². The van der Waals surface area contributed by atoms with E-state index in [1.165, 1.54) is 0 Å². The van der Waals surface area contributed by atoms with Gasteiger partial charge >= 0.3 is 0 Å². The molecule has 0 spiro atoms. The van der Waals surface area contributed by atoms with E-state index in [9.17, 15) is 0 Å². The predicted octanol–water partition coefficient (Wildman–Crippen LogP) is 0.578. The Labute approximate surface area is 66.6 Å². The average Bonchev–Trinajstić information content (AvgIpc) is 2.50. The van der Waals surface area contributed by atoms with Crippen molar-refractivity contribution in [1.29, 1.82) is 0 Å². The fourth-order valence-corrected chi connectivity index (χ4v) is 0.995. The molecule has 11 heavy (non-hydrogen) atoms. The van der Waals surface area contributed by atoms with Gasteiger partial charge in [0.15, 0.2) is 0 Å². The van der Waals surface area contributed by atoms with E-state index in [0.717, 1.165) is 12.2 Å². The predicted molar refractivity (Wildman–Crippen MR) is 43.2 cm³/mol. The first-order valence-corrected chi connectivity index (χ1v) is 3.85. The molecule has 0 aromatic carbocycles. The maximum absolute atomic E-state index is 3.93. The smallest absolute Gasteiger partial charge is 0.0753 e. The van der Waals surface area contributed by atoms with Gasteiger partial charge in [0.2, 0.25) is 0 Å². The minimum absolute atomic E-state index is 0.324. The summed E-state index contributed by atoms with van der Waals surface area (Å²) >= 11 is 0. The number of hydrogen-bond acceptors (Lipinski definition) is 3. The molecule has 0 radical (unpaired) electrons. The second-order valence-corrected chi connectivity index (χ2v) is 2.49. The molecule has 1 unspecified atom stereocenters. The van der Waals surface area contributed by atoms with Gasteiger partial charge in [0.1, 0.15) is 0 Å². The van der Waals surface area contributed by atoms with Gasteiger partial charge in [0.05, 0.1) is 11.9 Å². The van der Waals surface area contributed by atoms with E-state index < -0.39 is 0 Å². The minimum atomic E-state index is 0.324. The highest BCUT2D eigenvalue weighted by Crippen LogP contribution is 2.08. The Morgan fingerprint density at radius 3 is 3.00 bits per heavy atom. The highest BCUT2D eigenvalue weighted by atomic mass is 15.4. The number of aryl methyl sites for hydroxylation is 1. The van der Waals surface area contributed by atoms with Crippen LogP contribution in [0.4, 0.5) is 0 Å². The summed E-state index contributed by atoms with van der Waals surface area (Å²) in [5.41, 5.74) is 1.13. The Morgan fingerprint density at radius 1 is 1.73 bits per heavy atom. The zero-order valence-corrected chi connectivity index (χ0v) is 7.20. The van der Waals surface area contributed by atoms with Gasteiger partial charge in [-0.25, -0.2) is 4.68 Å². The molecule has 1 heterocycles. The van der Waals surface area contributed by atoms with Crippen molar-refractivity contribution in [1.82, 2.24) is 20.3 Å². The van der Waals surface area contributed by atoms with Gasteiger partial charge in [-0.2, -0.15) is 0 Å². The lowest BCUT2D eigenvalue weighted by atomic mass is 10.2. The molecule has 62 valence electrons. The summed E-state index contributed by atoms with van der Waals surface area (Å²) in [6.45, 7) is 5.02. The van der Waals surface area contributed by atoms with Crippen LogP contribution < -0.4 is 5.32 Å². The quantitative estimate of drug-likeness (QED) is 0.692. The van der Waals surface area contributed by atoms with E-state index >= 15 is 0 Å². The molecular formula is C7H14N4. The lowest BCUT2D eigenvalue weighted by molar-refractivity contribution is 0.536. The SMILES string of the molecule is CCn1nncc1C(C)NC. The third-order valence-electron chi connectivity index (χ3n) is 1.82. The average molecular weight is 154 g/mol. The molecule has 1 aromatic rings. The maximum atomic E-state index is 3.93. The van der Waals surface area contributed by atoms with Crippen molar-refractivity contribution in [2.24, 2.45) is 0 Å². The molecular weight excluding hydrogens is 140 g/mol. The standard InChI is InChI=1S/C7H14N4/c1-4-11-7(5-9-10-11)6(2)8-3/h5-6,8H,4H2,1-3H3. The van der Waals surface area contributed by atoms with Crippen molar-refractivity contribution in [3.8, 4) is 0 Å².